The van der Waals surface area contributed by atoms with Crippen molar-refractivity contribution in [3.05, 3.63) is 70.1 Å². The van der Waals surface area contributed by atoms with Gasteiger partial charge in [0.2, 0.25) is 0 Å². The van der Waals surface area contributed by atoms with Gasteiger partial charge in [-0.3, -0.25) is 14.3 Å². The zero-order chi connectivity index (χ0) is 22.2. The van der Waals surface area contributed by atoms with Crippen molar-refractivity contribution in [2.45, 2.75) is 25.8 Å². The third kappa shape index (κ3) is 3.72. The number of carboxylic acids is 1. The molecule has 158 valence electrons. The molecule has 0 saturated heterocycles. The molecule has 0 bridgehead atoms. The van der Waals surface area contributed by atoms with Crippen LogP contribution in [0.25, 0.3) is 22.9 Å². The number of hydrogen-bond acceptors (Lipinski definition) is 7. The number of aromatic amines is 1. The summed E-state index contributed by atoms with van der Waals surface area (Å²) in [5.41, 5.74) is -0.831. The van der Waals surface area contributed by atoms with Crippen LogP contribution in [0, 0.1) is 5.82 Å². The van der Waals surface area contributed by atoms with E-state index < -0.39 is 16.9 Å². The Morgan fingerprint density at radius 1 is 1.23 bits per heavy atom. The third-order valence-corrected chi connectivity index (χ3v) is 4.82. The summed E-state index contributed by atoms with van der Waals surface area (Å²) >= 11 is 0. The summed E-state index contributed by atoms with van der Waals surface area (Å²) < 4.78 is 20.6. The van der Waals surface area contributed by atoms with E-state index in [4.69, 9.17) is 4.52 Å². The molecule has 11 heteroatoms. The highest BCUT2D eigenvalue weighted by molar-refractivity contribution is 5.79. The van der Waals surface area contributed by atoms with Crippen molar-refractivity contribution < 1.29 is 18.8 Å². The summed E-state index contributed by atoms with van der Waals surface area (Å²) in [6.45, 7) is 2.82. The van der Waals surface area contributed by atoms with Gasteiger partial charge in [0.1, 0.15) is 34.6 Å². The molecule has 0 aliphatic carbocycles. The van der Waals surface area contributed by atoms with E-state index in [1.807, 2.05) is 0 Å². The summed E-state index contributed by atoms with van der Waals surface area (Å²) in [4.78, 5) is 26.4. The molecule has 1 aromatic carbocycles. The first-order valence-corrected chi connectivity index (χ1v) is 9.20. The van der Waals surface area contributed by atoms with Crippen molar-refractivity contribution in [3.63, 3.8) is 0 Å². The van der Waals surface area contributed by atoms with Gasteiger partial charge in [-0.1, -0.05) is 23.4 Å². The van der Waals surface area contributed by atoms with Crippen molar-refractivity contribution in [2.24, 2.45) is 0 Å². The second kappa shape index (κ2) is 7.59. The Morgan fingerprint density at radius 3 is 2.65 bits per heavy atom. The number of nitrogens with zero attached hydrogens (tertiary/aromatic N) is 5. The third-order valence-electron chi connectivity index (χ3n) is 4.82. The van der Waals surface area contributed by atoms with Gasteiger partial charge in [0, 0.05) is 11.6 Å². The fourth-order valence-corrected chi connectivity index (χ4v) is 2.95. The molecule has 31 heavy (non-hydrogen) atoms. The molecule has 3 aromatic heterocycles. The maximum absolute atomic E-state index is 14.2. The zero-order valence-corrected chi connectivity index (χ0v) is 16.5. The van der Waals surface area contributed by atoms with Crippen LogP contribution in [0.15, 0.2) is 52.0 Å². The Morgan fingerprint density at radius 2 is 2.00 bits per heavy atom. The summed E-state index contributed by atoms with van der Waals surface area (Å²) in [7, 11) is 0. The molecule has 0 atom stereocenters. The number of aromatic nitrogens is 6. The molecule has 0 unspecified atom stereocenters. The molecule has 0 amide bonds. The van der Waals surface area contributed by atoms with Gasteiger partial charge in [-0.15, -0.1) is 10.2 Å². The largest absolute Gasteiger partial charge is 0.481 e. The first-order chi connectivity index (χ1) is 14.8. The molecular formula is C20H17FN6O4. The van der Waals surface area contributed by atoms with Gasteiger partial charge in [-0.25, -0.2) is 4.39 Å². The number of hydrogen-bond donors (Lipinski definition) is 2. The minimum absolute atomic E-state index is 0.0342. The standard InChI is InChI=1S/C20H17FN6O4/c1-20(2,19(29)30)16-18(28)22-17(24-23-16)14-9-15(13-7-8-31-26-13)27(25-14)10-11-5-3-4-6-12(11)21/h3-9H,10H2,1-2H3,(H,29,30)(H,22,24,28). The fraction of sp³-hybridized carbons (Fsp3) is 0.200. The average molecular weight is 424 g/mol. The van der Waals surface area contributed by atoms with Crippen molar-refractivity contribution >= 4 is 5.97 Å². The predicted octanol–water partition coefficient (Wildman–Crippen LogP) is 2.23. The molecule has 0 radical (unpaired) electrons. The monoisotopic (exact) mass is 424 g/mol. The molecule has 0 aliphatic heterocycles. The van der Waals surface area contributed by atoms with Crippen LogP contribution in [0.1, 0.15) is 25.1 Å². The minimum atomic E-state index is -1.52. The number of aliphatic carboxylic acids is 1. The lowest BCUT2D eigenvalue weighted by molar-refractivity contribution is -0.142. The van der Waals surface area contributed by atoms with Gasteiger partial charge >= 0.3 is 5.97 Å². The lowest BCUT2D eigenvalue weighted by Crippen LogP contribution is -2.37. The van der Waals surface area contributed by atoms with E-state index in [0.29, 0.717) is 17.0 Å². The minimum Gasteiger partial charge on any atom is -0.481 e. The van der Waals surface area contributed by atoms with Crippen molar-refractivity contribution in [1.29, 1.82) is 0 Å². The first kappa shape index (κ1) is 20.1. The van der Waals surface area contributed by atoms with Crippen molar-refractivity contribution in [1.82, 2.24) is 30.1 Å². The number of carboxylic acid groups (broad SMARTS) is 1. The van der Waals surface area contributed by atoms with Crippen LogP contribution in [0.5, 0.6) is 0 Å². The molecule has 3 heterocycles. The Labute approximate surface area is 174 Å². The van der Waals surface area contributed by atoms with Gasteiger partial charge in [0.25, 0.3) is 5.56 Å². The Balaban J connectivity index is 1.78. The zero-order valence-electron chi connectivity index (χ0n) is 16.5. The van der Waals surface area contributed by atoms with Crippen LogP contribution >= 0.6 is 0 Å². The van der Waals surface area contributed by atoms with E-state index in [-0.39, 0.29) is 29.6 Å². The lowest BCUT2D eigenvalue weighted by Gasteiger charge is -2.16. The highest BCUT2D eigenvalue weighted by atomic mass is 19.1. The quantitative estimate of drug-likeness (QED) is 0.480. The summed E-state index contributed by atoms with van der Waals surface area (Å²) in [6, 6.07) is 9.50. The van der Waals surface area contributed by atoms with E-state index in [1.165, 1.54) is 30.9 Å². The number of carbonyl (C=O) groups is 1. The van der Waals surface area contributed by atoms with E-state index in [2.05, 4.69) is 25.4 Å². The van der Waals surface area contributed by atoms with E-state index >= 15 is 0 Å². The molecule has 0 fully saturated rings. The molecule has 0 aliphatic rings. The Kier molecular flexibility index (Phi) is 4.93. The summed E-state index contributed by atoms with van der Waals surface area (Å²) in [5.74, 6) is -1.56. The van der Waals surface area contributed by atoms with Crippen molar-refractivity contribution in [3.8, 4) is 22.9 Å². The van der Waals surface area contributed by atoms with Crippen LogP contribution in [-0.4, -0.2) is 41.2 Å². The fourth-order valence-electron chi connectivity index (χ4n) is 2.95. The second-order valence-electron chi connectivity index (χ2n) is 7.33. The summed E-state index contributed by atoms with van der Waals surface area (Å²) in [5, 5.41) is 25.4. The second-order valence-corrected chi connectivity index (χ2v) is 7.33. The Hall–Kier alpha value is -4.15. The SMILES string of the molecule is CC(C)(C(=O)O)c1nnc(-c2cc(-c3ccon3)n(Cc3ccccc3F)n2)[nH]c1=O. The molecule has 0 saturated carbocycles. The number of nitrogens with one attached hydrogen (secondary N) is 1. The van der Waals surface area contributed by atoms with Gasteiger partial charge in [-0.05, 0) is 26.0 Å². The van der Waals surface area contributed by atoms with Crippen molar-refractivity contribution in [2.75, 3.05) is 0 Å². The average Bonchev–Trinajstić information content (AvgIpc) is 3.39. The van der Waals surface area contributed by atoms with Crippen LogP contribution in [0.2, 0.25) is 0 Å². The highest BCUT2D eigenvalue weighted by Crippen LogP contribution is 2.25. The van der Waals surface area contributed by atoms with E-state index in [9.17, 15) is 19.1 Å². The van der Waals surface area contributed by atoms with Gasteiger partial charge in [0.05, 0.1) is 12.2 Å². The van der Waals surface area contributed by atoms with E-state index in [0.717, 1.165) is 0 Å². The van der Waals surface area contributed by atoms with E-state index in [1.54, 1.807) is 30.3 Å². The molecule has 4 aromatic rings. The van der Waals surface area contributed by atoms with Gasteiger partial charge < -0.3 is 14.6 Å². The maximum atomic E-state index is 14.2. The van der Waals surface area contributed by atoms with Crippen LogP contribution in [0.3, 0.4) is 0 Å². The molecule has 2 N–H and O–H groups in total. The summed E-state index contributed by atoms with van der Waals surface area (Å²) in [6.07, 6.45) is 1.39. The normalized spacial score (nSPS) is 11.6. The maximum Gasteiger partial charge on any atom is 0.315 e. The van der Waals surface area contributed by atoms with Gasteiger partial charge in [0.15, 0.2) is 5.82 Å². The predicted molar refractivity (Wildman–Crippen MR) is 106 cm³/mol. The smallest absolute Gasteiger partial charge is 0.315 e. The Bertz CT molecular complexity index is 1310. The first-order valence-electron chi connectivity index (χ1n) is 9.20. The van der Waals surface area contributed by atoms with Crippen LogP contribution in [0.4, 0.5) is 4.39 Å². The molecule has 4 rings (SSSR count). The highest BCUT2D eigenvalue weighted by Gasteiger charge is 2.34. The number of rotatable bonds is 6. The van der Waals surface area contributed by atoms with Crippen LogP contribution in [-0.2, 0) is 16.8 Å². The number of halogens is 1. The molecule has 0 spiro atoms. The topological polar surface area (TPSA) is 140 Å². The lowest BCUT2D eigenvalue weighted by atomic mass is 9.90. The molecular weight excluding hydrogens is 407 g/mol. The molecule has 10 nitrogen and oxygen atoms in total. The van der Waals surface area contributed by atoms with Gasteiger partial charge in [-0.2, -0.15) is 5.10 Å². The van der Waals surface area contributed by atoms with Crippen LogP contribution < -0.4 is 5.56 Å². The number of benzene rings is 1. The number of H-pyrrole nitrogens is 1.